The summed E-state index contributed by atoms with van der Waals surface area (Å²) < 4.78 is 0. The Morgan fingerprint density at radius 3 is 2.79 bits per heavy atom. The summed E-state index contributed by atoms with van der Waals surface area (Å²) in [5.41, 5.74) is 0.878. The summed E-state index contributed by atoms with van der Waals surface area (Å²) in [5, 5.41) is 6.26. The fourth-order valence-electron chi connectivity index (χ4n) is 6.27. The van der Waals surface area contributed by atoms with Gasteiger partial charge in [0.2, 0.25) is 5.91 Å². The van der Waals surface area contributed by atoms with E-state index in [9.17, 15) is 9.59 Å². The Balaban J connectivity index is 1.52. The predicted molar refractivity (Wildman–Crippen MR) is 111 cm³/mol. The van der Waals surface area contributed by atoms with Crippen LogP contribution in [0.25, 0.3) is 0 Å². The van der Waals surface area contributed by atoms with Crippen molar-refractivity contribution in [3.8, 4) is 0 Å². The molecular formula is C23H33N3O2. The zero-order valence-corrected chi connectivity index (χ0v) is 17.0. The van der Waals surface area contributed by atoms with Gasteiger partial charge in [-0.15, -0.1) is 0 Å². The molecule has 1 aromatic rings. The highest BCUT2D eigenvalue weighted by atomic mass is 16.2. The van der Waals surface area contributed by atoms with Gasteiger partial charge in [-0.3, -0.25) is 4.79 Å². The quantitative estimate of drug-likeness (QED) is 0.801. The number of nitrogens with zero attached hydrogens (tertiary/aromatic N) is 1. The van der Waals surface area contributed by atoms with E-state index in [0.717, 1.165) is 63.6 Å². The minimum Gasteiger partial charge on any atom is -0.337 e. The molecule has 2 saturated heterocycles. The normalized spacial score (nSPS) is 32.2. The van der Waals surface area contributed by atoms with E-state index < -0.39 is 0 Å². The predicted octanol–water partition coefficient (Wildman–Crippen LogP) is 4.55. The van der Waals surface area contributed by atoms with Crippen LogP contribution in [0.3, 0.4) is 0 Å². The first-order valence-electron chi connectivity index (χ1n) is 11.1. The van der Waals surface area contributed by atoms with Crippen molar-refractivity contribution in [1.82, 2.24) is 10.2 Å². The van der Waals surface area contributed by atoms with Crippen LogP contribution in [-0.2, 0) is 4.79 Å². The van der Waals surface area contributed by atoms with E-state index in [1.165, 1.54) is 0 Å². The lowest BCUT2D eigenvalue weighted by molar-refractivity contribution is -0.138. The molecule has 28 heavy (non-hydrogen) atoms. The van der Waals surface area contributed by atoms with Crippen LogP contribution in [-0.4, -0.2) is 35.0 Å². The van der Waals surface area contributed by atoms with Crippen LogP contribution in [0, 0.1) is 11.8 Å². The summed E-state index contributed by atoms with van der Waals surface area (Å²) in [6, 6.07) is 9.70. The lowest BCUT2D eigenvalue weighted by Crippen LogP contribution is -2.60. The molecule has 2 heterocycles. The molecule has 0 unspecified atom stereocenters. The molecule has 3 amide bonds. The number of hydrogen-bond donors (Lipinski definition) is 2. The Bertz CT molecular complexity index is 707. The van der Waals surface area contributed by atoms with E-state index >= 15 is 0 Å². The number of anilines is 1. The minimum atomic E-state index is -0.110. The van der Waals surface area contributed by atoms with Gasteiger partial charge in [-0.2, -0.15) is 0 Å². The fourth-order valence-corrected chi connectivity index (χ4v) is 6.27. The first kappa shape index (κ1) is 19.3. The van der Waals surface area contributed by atoms with Crippen LogP contribution in [0.2, 0.25) is 0 Å². The number of hydrogen-bond acceptors (Lipinski definition) is 2. The highest BCUT2D eigenvalue weighted by Gasteiger charge is 2.55. The van der Waals surface area contributed by atoms with Gasteiger partial charge in [-0.25, -0.2) is 4.79 Å². The summed E-state index contributed by atoms with van der Waals surface area (Å²) in [4.78, 5) is 27.6. The highest BCUT2D eigenvalue weighted by Crippen LogP contribution is 2.52. The number of urea groups is 1. The molecule has 0 radical (unpaired) electrons. The molecule has 1 saturated carbocycles. The van der Waals surface area contributed by atoms with Gasteiger partial charge in [-0.1, -0.05) is 31.5 Å². The third kappa shape index (κ3) is 3.51. The Morgan fingerprint density at radius 1 is 1.18 bits per heavy atom. The van der Waals surface area contributed by atoms with Gasteiger partial charge >= 0.3 is 6.03 Å². The maximum absolute atomic E-state index is 12.7. The molecular weight excluding hydrogens is 350 g/mol. The Morgan fingerprint density at radius 2 is 2.00 bits per heavy atom. The van der Waals surface area contributed by atoms with Gasteiger partial charge < -0.3 is 15.5 Å². The SMILES string of the molecule is CCC[C@H]1[C@@H](NC(=O)Nc2ccccc2)CC[C@@]23CCCN2C(=O)CCC[C@@H]13. The molecule has 4 atom stereocenters. The minimum absolute atomic E-state index is 0.0570. The molecule has 2 N–H and O–H groups in total. The van der Waals surface area contributed by atoms with Crippen LogP contribution < -0.4 is 10.6 Å². The molecule has 0 bridgehead atoms. The monoisotopic (exact) mass is 383 g/mol. The van der Waals surface area contributed by atoms with Crippen molar-refractivity contribution < 1.29 is 9.59 Å². The third-order valence-corrected chi connectivity index (χ3v) is 7.32. The molecule has 5 nitrogen and oxygen atoms in total. The van der Waals surface area contributed by atoms with E-state index in [4.69, 9.17) is 0 Å². The van der Waals surface area contributed by atoms with E-state index in [1.54, 1.807) is 0 Å². The van der Waals surface area contributed by atoms with Gasteiger partial charge in [-0.05, 0) is 68.9 Å². The van der Waals surface area contributed by atoms with E-state index in [0.29, 0.717) is 24.2 Å². The maximum atomic E-state index is 12.7. The number of nitrogens with one attached hydrogen (secondary N) is 2. The van der Waals surface area contributed by atoms with Crippen molar-refractivity contribution in [3.05, 3.63) is 30.3 Å². The lowest BCUT2D eigenvalue weighted by atomic mass is 9.61. The first-order valence-corrected chi connectivity index (χ1v) is 11.1. The molecule has 1 spiro atoms. The standard InChI is InChI=1S/C23H33N3O2/c1-2-8-18-19-11-6-12-21(27)26-16-7-14-23(19,26)15-13-20(18)25-22(28)24-17-9-4-3-5-10-17/h3-5,9-10,18-20H,2,6-8,11-16H2,1H3,(H2,24,25,28)/t18-,19+,20+,23-/m1/s1. The van der Waals surface area contributed by atoms with Crippen LogP contribution in [0.15, 0.2) is 30.3 Å². The average Bonchev–Trinajstić information content (AvgIpc) is 3.06. The Hall–Kier alpha value is -2.04. The second-order valence-electron chi connectivity index (χ2n) is 8.81. The summed E-state index contributed by atoms with van der Waals surface area (Å²) in [7, 11) is 0. The molecule has 3 fully saturated rings. The molecule has 5 heteroatoms. The fraction of sp³-hybridized carbons (Fsp3) is 0.652. The topological polar surface area (TPSA) is 61.4 Å². The van der Waals surface area contributed by atoms with Crippen LogP contribution in [0.1, 0.15) is 64.7 Å². The van der Waals surface area contributed by atoms with Gasteiger partial charge in [0.1, 0.15) is 0 Å². The third-order valence-electron chi connectivity index (χ3n) is 7.32. The van der Waals surface area contributed by atoms with Gasteiger partial charge in [0, 0.05) is 30.2 Å². The zero-order chi connectivity index (χ0) is 19.6. The van der Waals surface area contributed by atoms with E-state index in [1.807, 2.05) is 30.3 Å². The van der Waals surface area contributed by atoms with Crippen molar-refractivity contribution in [2.75, 3.05) is 11.9 Å². The number of para-hydroxylation sites is 1. The molecule has 3 aliphatic rings. The van der Waals surface area contributed by atoms with Crippen molar-refractivity contribution >= 4 is 17.6 Å². The van der Waals surface area contributed by atoms with Crippen LogP contribution in [0.4, 0.5) is 10.5 Å². The number of carbonyl (C=O) groups is 2. The largest absolute Gasteiger partial charge is 0.337 e. The highest BCUT2D eigenvalue weighted by molar-refractivity contribution is 5.89. The summed E-state index contributed by atoms with van der Waals surface area (Å²) >= 11 is 0. The van der Waals surface area contributed by atoms with E-state index in [2.05, 4.69) is 22.5 Å². The summed E-state index contributed by atoms with van der Waals surface area (Å²) in [6.45, 7) is 3.16. The molecule has 0 aromatic heterocycles. The number of carbonyl (C=O) groups excluding carboxylic acids is 2. The van der Waals surface area contributed by atoms with Crippen molar-refractivity contribution in [1.29, 1.82) is 0 Å². The molecule has 2 aliphatic heterocycles. The maximum Gasteiger partial charge on any atom is 0.319 e. The van der Waals surface area contributed by atoms with Gasteiger partial charge in [0.15, 0.2) is 0 Å². The Kier molecular flexibility index (Phi) is 5.61. The molecule has 152 valence electrons. The average molecular weight is 384 g/mol. The zero-order valence-electron chi connectivity index (χ0n) is 17.0. The second-order valence-corrected chi connectivity index (χ2v) is 8.81. The number of amides is 3. The molecule has 1 aliphatic carbocycles. The van der Waals surface area contributed by atoms with Crippen LogP contribution in [0.5, 0.6) is 0 Å². The van der Waals surface area contributed by atoms with Crippen molar-refractivity contribution in [2.24, 2.45) is 11.8 Å². The molecule has 4 rings (SSSR count). The molecule has 1 aromatic carbocycles. The van der Waals surface area contributed by atoms with Gasteiger partial charge in [0.25, 0.3) is 0 Å². The second kappa shape index (κ2) is 8.14. The van der Waals surface area contributed by atoms with Crippen LogP contribution >= 0.6 is 0 Å². The Labute approximate surface area is 168 Å². The van der Waals surface area contributed by atoms with Crippen molar-refractivity contribution in [2.45, 2.75) is 76.3 Å². The van der Waals surface area contributed by atoms with E-state index in [-0.39, 0.29) is 17.6 Å². The van der Waals surface area contributed by atoms with Gasteiger partial charge in [0.05, 0.1) is 0 Å². The number of rotatable bonds is 4. The first-order chi connectivity index (χ1) is 13.6. The summed E-state index contributed by atoms with van der Waals surface area (Å²) in [5.74, 6) is 1.33. The number of benzene rings is 1. The summed E-state index contributed by atoms with van der Waals surface area (Å²) in [6.07, 6.45) is 9.31. The van der Waals surface area contributed by atoms with Crippen molar-refractivity contribution in [3.63, 3.8) is 0 Å². The smallest absolute Gasteiger partial charge is 0.319 e. The lowest BCUT2D eigenvalue weighted by Gasteiger charge is -2.53.